The molecule has 0 heterocycles. The Bertz CT molecular complexity index is 694. The maximum atomic E-state index is 12.4. The zero-order chi connectivity index (χ0) is 31.9. The number of nitrogens with two attached hydrogens (primary N) is 1. The Morgan fingerprint density at radius 3 is 1.42 bits per heavy atom. The van der Waals surface area contributed by atoms with Crippen molar-refractivity contribution in [2.24, 2.45) is 5.73 Å². The quantitative estimate of drug-likeness (QED) is 0.0411. The Morgan fingerprint density at radius 1 is 0.605 bits per heavy atom. The van der Waals surface area contributed by atoms with Crippen LogP contribution in [0.25, 0.3) is 0 Å². The molecule has 0 bridgehead atoms. The van der Waals surface area contributed by atoms with Gasteiger partial charge in [-0.1, -0.05) is 142 Å². The van der Waals surface area contributed by atoms with Gasteiger partial charge in [-0.15, -0.1) is 0 Å². The van der Waals surface area contributed by atoms with Gasteiger partial charge in [-0.05, 0) is 12.8 Å². The third-order valence-corrected chi connectivity index (χ3v) is 8.48. The molecule has 0 saturated heterocycles. The van der Waals surface area contributed by atoms with Crippen molar-refractivity contribution in [1.29, 1.82) is 0 Å². The van der Waals surface area contributed by atoms with E-state index in [1.807, 2.05) is 0 Å². The summed E-state index contributed by atoms with van der Waals surface area (Å²) in [6.45, 7) is 3.71. The van der Waals surface area contributed by atoms with Gasteiger partial charge in [0.25, 0.3) is 0 Å². The molecule has 0 saturated carbocycles. The molecule has 0 aliphatic rings. The summed E-state index contributed by atoms with van der Waals surface area (Å²) in [5.41, 5.74) is 5.31. The molecule has 0 radical (unpaired) electrons. The number of esters is 2. The molecule has 0 aliphatic carbocycles. The van der Waals surface area contributed by atoms with Crippen LogP contribution in [-0.2, 0) is 32.7 Å². The van der Waals surface area contributed by atoms with Crippen molar-refractivity contribution in [1.82, 2.24) is 0 Å². The fraction of sp³-hybridized carbons (Fsp3) is 0.939. The van der Waals surface area contributed by atoms with Crippen LogP contribution in [0, 0.1) is 0 Å². The second-order valence-electron chi connectivity index (χ2n) is 11.8. The highest BCUT2D eigenvalue weighted by Gasteiger charge is 2.25. The molecule has 0 aromatic heterocycles. The fourth-order valence-electron chi connectivity index (χ4n) is 4.87. The lowest BCUT2D eigenvalue weighted by atomic mass is 10.0. The molecule has 10 heteroatoms. The number of hydrogen-bond acceptors (Lipinski definition) is 8. The normalized spacial score (nSPS) is 13.5. The van der Waals surface area contributed by atoms with E-state index in [-0.39, 0.29) is 38.6 Å². The van der Waals surface area contributed by atoms with E-state index in [2.05, 4.69) is 13.8 Å². The van der Waals surface area contributed by atoms with Crippen molar-refractivity contribution in [3.63, 3.8) is 0 Å². The van der Waals surface area contributed by atoms with Gasteiger partial charge < -0.3 is 20.1 Å². The third kappa shape index (κ3) is 30.8. The van der Waals surface area contributed by atoms with Crippen molar-refractivity contribution in [2.45, 2.75) is 174 Å². The lowest BCUT2D eigenvalue weighted by Gasteiger charge is -2.19. The van der Waals surface area contributed by atoms with Crippen LogP contribution < -0.4 is 5.73 Å². The molecule has 2 atom stereocenters. The third-order valence-electron chi connectivity index (χ3n) is 7.49. The molecule has 0 aliphatic heterocycles. The molecule has 256 valence electrons. The number of unbranched alkanes of at least 4 members (excludes halogenated alkanes) is 20. The highest BCUT2D eigenvalue weighted by molar-refractivity contribution is 7.47. The first-order chi connectivity index (χ1) is 20.8. The molecule has 0 rings (SSSR count). The largest absolute Gasteiger partial charge is 0.472 e. The standard InChI is InChI=1S/C33H66NO8P/c1-3-5-7-9-11-13-15-16-18-20-22-24-26-33(36)42-31(30-41-43(37,38)40-28-27-34)29-39-32(35)25-23-21-19-17-14-12-10-8-6-4-2/h31H,3-30,34H2,1-2H3,(H,37,38)/t31-/m1/s1. The van der Waals surface area contributed by atoms with Gasteiger partial charge in [-0.25, -0.2) is 4.57 Å². The molecule has 0 amide bonds. The second-order valence-corrected chi connectivity index (χ2v) is 13.2. The zero-order valence-corrected chi connectivity index (χ0v) is 28.6. The summed E-state index contributed by atoms with van der Waals surface area (Å²) in [6.07, 6.45) is 25.6. The number of carbonyl (C=O) groups excluding carboxylic acids is 2. The van der Waals surface area contributed by atoms with Gasteiger partial charge in [0.1, 0.15) is 6.61 Å². The Hall–Kier alpha value is -0.990. The van der Waals surface area contributed by atoms with Crippen molar-refractivity contribution < 1.29 is 37.6 Å². The Balaban J connectivity index is 4.25. The molecule has 9 nitrogen and oxygen atoms in total. The van der Waals surface area contributed by atoms with Crippen molar-refractivity contribution >= 4 is 19.8 Å². The number of carbonyl (C=O) groups is 2. The predicted octanol–water partition coefficient (Wildman–Crippen LogP) is 8.94. The van der Waals surface area contributed by atoms with E-state index in [4.69, 9.17) is 24.3 Å². The minimum absolute atomic E-state index is 0.0575. The van der Waals surface area contributed by atoms with Crippen LogP contribution >= 0.6 is 7.82 Å². The van der Waals surface area contributed by atoms with Crippen molar-refractivity contribution in [3.05, 3.63) is 0 Å². The first-order valence-electron chi connectivity index (χ1n) is 17.5. The minimum Gasteiger partial charge on any atom is -0.462 e. The number of hydrogen-bond donors (Lipinski definition) is 2. The highest BCUT2D eigenvalue weighted by atomic mass is 31.2. The van der Waals surface area contributed by atoms with E-state index >= 15 is 0 Å². The van der Waals surface area contributed by atoms with E-state index in [1.165, 1.54) is 103 Å². The van der Waals surface area contributed by atoms with E-state index < -0.39 is 26.5 Å². The van der Waals surface area contributed by atoms with Gasteiger partial charge in [-0.3, -0.25) is 18.6 Å². The predicted molar refractivity (Wildman–Crippen MR) is 174 cm³/mol. The van der Waals surface area contributed by atoms with Crippen LogP contribution in [0.1, 0.15) is 168 Å². The Kier molecular flexibility index (Phi) is 30.3. The molecule has 3 N–H and O–H groups in total. The smallest absolute Gasteiger partial charge is 0.462 e. The summed E-state index contributed by atoms with van der Waals surface area (Å²) in [4.78, 5) is 34.5. The lowest BCUT2D eigenvalue weighted by Crippen LogP contribution is -2.29. The summed E-state index contributed by atoms with van der Waals surface area (Å²) < 4.78 is 32.5. The first-order valence-corrected chi connectivity index (χ1v) is 19.0. The van der Waals surface area contributed by atoms with Crippen LogP contribution in [0.4, 0.5) is 0 Å². The highest BCUT2D eigenvalue weighted by Crippen LogP contribution is 2.43. The summed E-state index contributed by atoms with van der Waals surface area (Å²) >= 11 is 0. The van der Waals surface area contributed by atoms with Crippen LogP contribution in [0.2, 0.25) is 0 Å². The van der Waals surface area contributed by atoms with Gasteiger partial charge in [0.15, 0.2) is 6.10 Å². The van der Waals surface area contributed by atoms with Gasteiger partial charge >= 0.3 is 19.8 Å². The average Bonchev–Trinajstić information content (AvgIpc) is 2.99. The van der Waals surface area contributed by atoms with E-state index in [1.54, 1.807) is 0 Å². The lowest BCUT2D eigenvalue weighted by molar-refractivity contribution is -0.161. The zero-order valence-electron chi connectivity index (χ0n) is 27.7. The minimum atomic E-state index is -4.35. The van der Waals surface area contributed by atoms with Crippen LogP contribution in [-0.4, -0.2) is 49.3 Å². The molecule has 0 fully saturated rings. The molecule has 0 spiro atoms. The number of phosphoric ester groups is 1. The first kappa shape index (κ1) is 42.0. The van der Waals surface area contributed by atoms with Crippen molar-refractivity contribution in [3.8, 4) is 0 Å². The Morgan fingerprint density at radius 2 is 1.00 bits per heavy atom. The molecule has 43 heavy (non-hydrogen) atoms. The maximum Gasteiger partial charge on any atom is 0.472 e. The summed E-state index contributed by atoms with van der Waals surface area (Å²) in [5.74, 6) is -0.824. The van der Waals surface area contributed by atoms with E-state index in [0.717, 1.165) is 32.1 Å². The number of rotatable bonds is 33. The van der Waals surface area contributed by atoms with Gasteiger partial charge in [0.2, 0.25) is 0 Å². The Labute approximate surface area is 263 Å². The topological polar surface area (TPSA) is 134 Å². The molecular formula is C33H66NO8P. The molecule has 0 aromatic rings. The fourth-order valence-corrected chi connectivity index (χ4v) is 5.63. The second kappa shape index (κ2) is 31.0. The van der Waals surface area contributed by atoms with Crippen LogP contribution in [0.15, 0.2) is 0 Å². The average molecular weight is 636 g/mol. The summed E-state index contributed by atoms with van der Waals surface area (Å²) in [6, 6.07) is 0. The van der Waals surface area contributed by atoms with E-state index in [9.17, 15) is 19.0 Å². The van der Waals surface area contributed by atoms with Gasteiger partial charge in [0, 0.05) is 19.4 Å². The maximum absolute atomic E-state index is 12.4. The molecule has 0 aromatic carbocycles. The SMILES string of the molecule is CCCCCCCCCCCCCCC(=O)O[C@H](COC(=O)CCCCCCCCCCCC)COP(=O)(O)OCCN. The monoisotopic (exact) mass is 635 g/mol. The van der Waals surface area contributed by atoms with Gasteiger partial charge in [0.05, 0.1) is 13.2 Å². The summed E-state index contributed by atoms with van der Waals surface area (Å²) in [5, 5.41) is 0. The van der Waals surface area contributed by atoms with Crippen LogP contribution in [0.3, 0.4) is 0 Å². The van der Waals surface area contributed by atoms with E-state index in [0.29, 0.717) is 6.42 Å². The van der Waals surface area contributed by atoms with Crippen LogP contribution in [0.5, 0.6) is 0 Å². The van der Waals surface area contributed by atoms with Crippen molar-refractivity contribution in [2.75, 3.05) is 26.4 Å². The van der Waals surface area contributed by atoms with Gasteiger partial charge in [-0.2, -0.15) is 0 Å². The molecule has 1 unspecified atom stereocenters. The number of ether oxygens (including phenoxy) is 2. The summed E-state index contributed by atoms with van der Waals surface area (Å²) in [7, 11) is -4.35. The molecular weight excluding hydrogens is 569 g/mol. The number of phosphoric acid groups is 1.